The Labute approximate surface area is 222 Å². The fraction of sp³-hybridized carbons (Fsp3) is 0.310. The summed E-state index contributed by atoms with van der Waals surface area (Å²) in [7, 11) is 0. The smallest absolute Gasteiger partial charge is 0.125 e. The van der Waals surface area contributed by atoms with Crippen molar-refractivity contribution in [2.75, 3.05) is 13.1 Å². The van der Waals surface area contributed by atoms with Crippen LogP contribution in [-0.4, -0.2) is 24.8 Å². The zero-order valence-electron chi connectivity index (χ0n) is 20.9. The van der Waals surface area contributed by atoms with Gasteiger partial charge in [0.05, 0.1) is 0 Å². The Kier molecular flexibility index (Phi) is 13.1. The van der Waals surface area contributed by atoms with E-state index in [1.54, 1.807) is 0 Å². The molecule has 0 unspecified atom stereocenters. The van der Waals surface area contributed by atoms with Gasteiger partial charge in [0.2, 0.25) is 0 Å². The van der Waals surface area contributed by atoms with Crippen LogP contribution in [0.3, 0.4) is 0 Å². The predicted octanol–water partition coefficient (Wildman–Crippen LogP) is 6.28. The Morgan fingerprint density at radius 1 is 0.571 bits per heavy atom. The van der Waals surface area contributed by atoms with Crippen molar-refractivity contribution in [2.45, 2.75) is 46.5 Å². The second-order valence-electron chi connectivity index (χ2n) is 8.53. The molecule has 188 valence electrons. The van der Waals surface area contributed by atoms with Gasteiger partial charge in [0, 0.05) is 24.2 Å². The van der Waals surface area contributed by atoms with Crippen molar-refractivity contribution in [3.05, 3.63) is 106 Å². The van der Waals surface area contributed by atoms with Crippen molar-refractivity contribution >= 4 is 36.5 Å². The summed E-state index contributed by atoms with van der Waals surface area (Å²) < 4.78 is 0. The summed E-state index contributed by atoms with van der Waals surface area (Å²) >= 11 is 0. The quantitative estimate of drug-likeness (QED) is 0.190. The molecule has 0 atom stereocenters. The Hall–Kier alpha value is -2.82. The predicted molar refractivity (Wildman–Crippen MR) is 154 cm³/mol. The van der Waals surface area contributed by atoms with Gasteiger partial charge < -0.3 is 10.6 Å². The highest BCUT2D eigenvalue weighted by atomic mass is 35.5. The molecule has 3 aromatic carbocycles. The van der Waals surface area contributed by atoms with E-state index in [1.165, 1.54) is 27.8 Å². The van der Waals surface area contributed by atoms with E-state index >= 15 is 0 Å². The van der Waals surface area contributed by atoms with Crippen LogP contribution in [0.1, 0.15) is 52.8 Å². The molecular weight excluding hydrogens is 475 g/mol. The van der Waals surface area contributed by atoms with Crippen LogP contribution >= 0.6 is 24.8 Å². The minimum Gasteiger partial charge on any atom is -0.370 e. The van der Waals surface area contributed by atoms with E-state index in [0.29, 0.717) is 11.7 Å². The molecule has 0 aliphatic rings. The Morgan fingerprint density at radius 2 is 0.914 bits per heavy atom. The van der Waals surface area contributed by atoms with Crippen LogP contribution < -0.4 is 10.6 Å². The molecule has 0 aliphatic heterocycles. The van der Waals surface area contributed by atoms with Crippen LogP contribution in [0, 0.1) is 17.7 Å². The van der Waals surface area contributed by atoms with Crippen molar-refractivity contribution in [1.29, 1.82) is 10.8 Å². The number of hydrogen-bond donors (Lipinski definition) is 4. The van der Waals surface area contributed by atoms with E-state index in [0.717, 1.165) is 49.9 Å². The summed E-state index contributed by atoms with van der Waals surface area (Å²) in [4.78, 5) is 0. The normalized spacial score (nSPS) is 10.0. The molecule has 0 heterocycles. The maximum absolute atomic E-state index is 8.01. The van der Waals surface area contributed by atoms with Crippen molar-refractivity contribution in [3.8, 4) is 0 Å². The second kappa shape index (κ2) is 15.2. The van der Waals surface area contributed by atoms with E-state index in [2.05, 4.69) is 60.0 Å². The molecule has 4 nitrogen and oxygen atoms in total. The Balaban J connectivity index is 0.00000306. The SMILES string of the molecule is CCNC(=N)c1ccc(CCc2cc(C)cc(CCc3ccc(C(=N)NCC)cc3)c2)cc1.Cl.Cl. The molecular formula is C29H38Cl2N4. The second-order valence-corrected chi connectivity index (χ2v) is 8.53. The van der Waals surface area contributed by atoms with Gasteiger partial charge in [0.1, 0.15) is 11.7 Å². The largest absolute Gasteiger partial charge is 0.370 e. The molecule has 0 spiro atoms. The highest BCUT2D eigenvalue weighted by molar-refractivity contribution is 5.96. The molecule has 0 amide bonds. The summed E-state index contributed by atoms with van der Waals surface area (Å²) in [5.41, 5.74) is 8.54. The zero-order valence-corrected chi connectivity index (χ0v) is 22.5. The van der Waals surface area contributed by atoms with Gasteiger partial charge in [0.15, 0.2) is 0 Å². The van der Waals surface area contributed by atoms with E-state index < -0.39 is 0 Å². The van der Waals surface area contributed by atoms with Crippen LogP contribution in [0.5, 0.6) is 0 Å². The molecule has 0 radical (unpaired) electrons. The van der Waals surface area contributed by atoms with Crippen LogP contribution in [0.2, 0.25) is 0 Å². The first-order valence-corrected chi connectivity index (χ1v) is 11.9. The van der Waals surface area contributed by atoms with Gasteiger partial charge in [-0.3, -0.25) is 10.8 Å². The van der Waals surface area contributed by atoms with E-state index in [4.69, 9.17) is 10.8 Å². The number of amidine groups is 2. The van der Waals surface area contributed by atoms with Crippen molar-refractivity contribution in [1.82, 2.24) is 10.6 Å². The lowest BCUT2D eigenvalue weighted by atomic mass is 9.96. The fourth-order valence-corrected chi connectivity index (χ4v) is 4.05. The number of benzene rings is 3. The number of nitrogens with one attached hydrogen (secondary N) is 4. The first-order chi connectivity index (χ1) is 16.0. The number of hydrogen-bond acceptors (Lipinski definition) is 2. The average molecular weight is 514 g/mol. The molecule has 0 aromatic heterocycles. The van der Waals surface area contributed by atoms with E-state index in [1.807, 2.05) is 38.1 Å². The topological polar surface area (TPSA) is 71.8 Å². The minimum atomic E-state index is 0. The molecule has 0 fully saturated rings. The van der Waals surface area contributed by atoms with Gasteiger partial charge in [-0.1, -0.05) is 72.3 Å². The molecule has 3 rings (SSSR count). The molecule has 0 saturated carbocycles. The zero-order chi connectivity index (χ0) is 23.6. The Bertz CT molecular complexity index is 993. The molecule has 0 saturated heterocycles. The van der Waals surface area contributed by atoms with Gasteiger partial charge in [-0.05, 0) is 68.7 Å². The van der Waals surface area contributed by atoms with Gasteiger partial charge >= 0.3 is 0 Å². The highest BCUT2D eigenvalue weighted by Gasteiger charge is 2.05. The molecule has 35 heavy (non-hydrogen) atoms. The van der Waals surface area contributed by atoms with E-state index in [9.17, 15) is 0 Å². The van der Waals surface area contributed by atoms with Crippen molar-refractivity contribution < 1.29 is 0 Å². The van der Waals surface area contributed by atoms with E-state index in [-0.39, 0.29) is 24.8 Å². The van der Waals surface area contributed by atoms with Crippen molar-refractivity contribution in [2.24, 2.45) is 0 Å². The first-order valence-electron chi connectivity index (χ1n) is 11.9. The Morgan fingerprint density at radius 3 is 1.26 bits per heavy atom. The average Bonchev–Trinajstić information content (AvgIpc) is 2.82. The lowest BCUT2D eigenvalue weighted by Crippen LogP contribution is -2.22. The molecule has 0 bridgehead atoms. The molecule has 0 aliphatic carbocycles. The van der Waals surface area contributed by atoms with Crippen LogP contribution in [-0.2, 0) is 25.7 Å². The summed E-state index contributed by atoms with van der Waals surface area (Å²) in [6.45, 7) is 7.72. The summed E-state index contributed by atoms with van der Waals surface area (Å²) in [6.07, 6.45) is 4.02. The summed E-state index contributed by atoms with van der Waals surface area (Å²) in [5, 5.41) is 22.1. The molecule has 3 aromatic rings. The number of aryl methyl sites for hydroxylation is 5. The van der Waals surface area contributed by atoms with Gasteiger partial charge in [-0.15, -0.1) is 24.8 Å². The standard InChI is InChI=1S/C29H36N4.2ClH/c1-4-32-28(30)26-14-10-22(11-15-26)6-8-24-18-21(3)19-25(20-24)9-7-23-12-16-27(17-13-23)29(31)33-5-2;;/h10-20H,4-9H2,1-3H3,(H2,30,32)(H2,31,33);2*1H. The maximum atomic E-state index is 8.01. The summed E-state index contributed by atoms with van der Waals surface area (Å²) in [6, 6.07) is 23.6. The molecule has 4 N–H and O–H groups in total. The third kappa shape index (κ3) is 9.39. The van der Waals surface area contributed by atoms with Crippen LogP contribution in [0.25, 0.3) is 0 Å². The maximum Gasteiger partial charge on any atom is 0.125 e. The fourth-order valence-electron chi connectivity index (χ4n) is 4.05. The molecule has 6 heteroatoms. The number of halogens is 2. The lowest BCUT2D eigenvalue weighted by Gasteiger charge is -2.10. The van der Waals surface area contributed by atoms with Gasteiger partial charge in [-0.2, -0.15) is 0 Å². The third-order valence-corrected chi connectivity index (χ3v) is 5.79. The van der Waals surface area contributed by atoms with Crippen LogP contribution in [0.4, 0.5) is 0 Å². The lowest BCUT2D eigenvalue weighted by molar-refractivity contribution is 0.925. The van der Waals surface area contributed by atoms with Crippen LogP contribution in [0.15, 0.2) is 66.7 Å². The van der Waals surface area contributed by atoms with Gasteiger partial charge in [-0.25, -0.2) is 0 Å². The first kappa shape index (κ1) is 30.2. The third-order valence-electron chi connectivity index (χ3n) is 5.79. The summed E-state index contributed by atoms with van der Waals surface area (Å²) in [5.74, 6) is 0.968. The van der Waals surface area contributed by atoms with Gasteiger partial charge in [0.25, 0.3) is 0 Å². The van der Waals surface area contributed by atoms with Crippen molar-refractivity contribution in [3.63, 3.8) is 0 Å². The highest BCUT2D eigenvalue weighted by Crippen LogP contribution is 2.16. The monoisotopic (exact) mass is 512 g/mol. The minimum absolute atomic E-state index is 0. The number of rotatable bonds is 10.